The lowest BCUT2D eigenvalue weighted by molar-refractivity contribution is 0.0943. The molecule has 0 radical (unpaired) electrons. The summed E-state index contributed by atoms with van der Waals surface area (Å²) in [5, 5.41) is 14.6. The quantitative estimate of drug-likeness (QED) is 0.646. The van der Waals surface area contributed by atoms with Crippen LogP contribution in [0.4, 0.5) is 4.39 Å². The predicted molar refractivity (Wildman–Crippen MR) is 108 cm³/mol. The van der Waals surface area contributed by atoms with E-state index in [4.69, 9.17) is 0 Å². The number of rotatable bonds is 6. The summed E-state index contributed by atoms with van der Waals surface area (Å²) < 4.78 is 15.3. The zero-order valence-corrected chi connectivity index (χ0v) is 16.8. The van der Waals surface area contributed by atoms with Gasteiger partial charge in [-0.15, -0.1) is 5.10 Å². The van der Waals surface area contributed by atoms with Crippen molar-refractivity contribution in [3.8, 4) is 0 Å². The van der Waals surface area contributed by atoms with Crippen LogP contribution in [0, 0.1) is 12.7 Å². The van der Waals surface area contributed by atoms with Crippen molar-refractivity contribution in [1.29, 1.82) is 0 Å². The van der Waals surface area contributed by atoms with Gasteiger partial charge in [-0.1, -0.05) is 17.3 Å². The maximum absolute atomic E-state index is 13.6. The molecule has 30 heavy (non-hydrogen) atoms. The fourth-order valence-electron chi connectivity index (χ4n) is 3.67. The first-order valence-electron chi connectivity index (χ1n) is 10.0. The van der Waals surface area contributed by atoms with Crippen molar-refractivity contribution in [1.82, 2.24) is 35.6 Å². The fourth-order valence-corrected chi connectivity index (χ4v) is 3.67. The molecule has 1 amide bonds. The van der Waals surface area contributed by atoms with Crippen molar-refractivity contribution in [2.45, 2.75) is 38.8 Å². The summed E-state index contributed by atoms with van der Waals surface area (Å²) in [6, 6.07) is 6.39. The third-order valence-electron chi connectivity index (χ3n) is 5.20. The van der Waals surface area contributed by atoms with Gasteiger partial charge in [0.2, 0.25) is 0 Å². The minimum Gasteiger partial charge on any atom is -0.345 e. The van der Waals surface area contributed by atoms with E-state index < -0.39 is 0 Å². The van der Waals surface area contributed by atoms with Crippen molar-refractivity contribution >= 4 is 5.91 Å². The van der Waals surface area contributed by atoms with Gasteiger partial charge < -0.3 is 10.6 Å². The number of hydrogen-bond donors (Lipinski definition) is 2. The van der Waals surface area contributed by atoms with E-state index in [0.29, 0.717) is 17.9 Å². The van der Waals surface area contributed by atoms with Gasteiger partial charge in [-0.2, -0.15) is 0 Å². The first-order valence-corrected chi connectivity index (χ1v) is 10.0. The minimum atomic E-state index is -0.298. The van der Waals surface area contributed by atoms with Gasteiger partial charge in [-0.05, 0) is 50.6 Å². The SMILES string of the molecule is Cc1cnc(CNC(=O)c2nnn(Cc3cccc(F)c3)c2C2CCNCC2)cn1. The number of piperidine rings is 1. The van der Waals surface area contributed by atoms with Crippen molar-refractivity contribution in [3.63, 3.8) is 0 Å². The number of benzene rings is 1. The van der Waals surface area contributed by atoms with Gasteiger partial charge in [0, 0.05) is 12.1 Å². The molecule has 0 saturated carbocycles. The van der Waals surface area contributed by atoms with E-state index in [9.17, 15) is 9.18 Å². The number of hydrogen-bond acceptors (Lipinski definition) is 6. The normalized spacial score (nSPS) is 14.6. The Balaban J connectivity index is 1.57. The van der Waals surface area contributed by atoms with E-state index >= 15 is 0 Å². The predicted octanol–water partition coefficient (Wildman–Crippen LogP) is 1.96. The largest absolute Gasteiger partial charge is 0.345 e. The Labute approximate surface area is 173 Å². The monoisotopic (exact) mass is 409 g/mol. The Kier molecular flexibility index (Phi) is 6.08. The van der Waals surface area contributed by atoms with E-state index in [1.807, 2.05) is 13.0 Å². The number of halogens is 1. The third kappa shape index (κ3) is 4.68. The van der Waals surface area contributed by atoms with Crippen molar-refractivity contribution in [2.24, 2.45) is 0 Å². The van der Waals surface area contributed by atoms with E-state index in [1.165, 1.54) is 12.1 Å². The molecule has 0 spiro atoms. The summed E-state index contributed by atoms with van der Waals surface area (Å²) in [6.45, 7) is 4.22. The number of aromatic nitrogens is 5. The molecule has 0 atom stereocenters. The highest BCUT2D eigenvalue weighted by molar-refractivity contribution is 5.93. The third-order valence-corrected chi connectivity index (χ3v) is 5.20. The molecule has 1 aliphatic heterocycles. The molecule has 3 heterocycles. The second kappa shape index (κ2) is 9.08. The van der Waals surface area contributed by atoms with Crippen LogP contribution in [0.1, 0.15) is 51.9 Å². The van der Waals surface area contributed by atoms with Gasteiger partial charge in [0.1, 0.15) is 5.82 Å². The molecule has 0 aliphatic carbocycles. The van der Waals surface area contributed by atoms with Crippen LogP contribution in [0.3, 0.4) is 0 Å². The van der Waals surface area contributed by atoms with Gasteiger partial charge >= 0.3 is 0 Å². The highest BCUT2D eigenvalue weighted by Gasteiger charge is 2.28. The summed E-state index contributed by atoms with van der Waals surface area (Å²) in [5.41, 5.74) is 3.38. The number of amides is 1. The van der Waals surface area contributed by atoms with Crippen LogP contribution >= 0.6 is 0 Å². The number of nitrogens with zero attached hydrogens (tertiary/aromatic N) is 5. The Morgan fingerprint density at radius 1 is 1.27 bits per heavy atom. The molecule has 2 N–H and O–H groups in total. The molecular formula is C21H24FN7O. The lowest BCUT2D eigenvalue weighted by Gasteiger charge is -2.24. The molecule has 2 aromatic heterocycles. The number of aryl methyl sites for hydroxylation is 1. The molecule has 1 aromatic carbocycles. The molecule has 1 fully saturated rings. The summed E-state index contributed by atoms with van der Waals surface area (Å²) in [5.74, 6) is -0.431. The van der Waals surface area contributed by atoms with E-state index in [-0.39, 0.29) is 24.2 Å². The van der Waals surface area contributed by atoms with Crippen LogP contribution in [0.25, 0.3) is 0 Å². The molecule has 9 heteroatoms. The van der Waals surface area contributed by atoms with Crippen LogP contribution in [-0.4, -0.2) is 44.0 Å². The van der Waals surface area contributed by atoms with Crippen molar-refractivity contribution in [3.05, 3.63) is 70.8 Å². The summed E-state index contributed by atoms with van der Waals surface area (Å²) >= 11 is 0. The number of carbonyl (C=O) groups excluding carboxylic acids is 1. The van der Waals surface area contributed by atoms with Crippen molar-refractivity contribution < 1.29 is 9.18 Å². The van der Waals surface area contributed by atoms with Gasteiger partial charge in [0.25, 0.3) is 5.91 Å². The molecule has 156 valence electrons. The Morgan fingerprint density at radius 2 is 2.10 bits per heavy atom. The summed E-state index contributed by atoms with van der Waals surface area (Å²) in [6.07, 6.45) is 5.09. The molecule has 1 saturated heterocycles. The van der Waals surface area contributed by atoms with Crippen LogP contribution in [0.15, 0.2) is 36.7 Å². The zero-order chi connectivity index (χ0) is 20.9. The summed E-state index contributed by atoms with van der Waals surface area (Å²) in [4.78, 5) is 21.4. The average molecular weight is 409 g/mol. The Hall–Kier alpha value is -3.20. The van der Waals surface area contributed by atoms with Gasteiger partial charge in [0.05, 0.1) is 36.4 Å². The smallest absolute Gasteiger partial charge is 0.274 e. The van der Waals surface area contributed by atoms with E-state index in [1.54, 1.807) is 23.1 Å². The molecular weight excluding hydrogens is 385 g/mol. The van der Waals surface area contributed by atoms with Gasteiger partial charge in [-0.25, -0.2) is 9.07 Å². The maximum Gasteiger partial charge on any atom is 0.274 e. The topological polar surface area (TPSA) is 97.6 Å². The molecule has 1 aliphatic rings. The average Bonchev–Trinajstić information content (AvgIpc) is 3.17. The molecule has 3 aromatic rings. The molecule has 0 unspecified atom stereocenters. The number of nitrogens with one attached hydrogen (secondary N) is 2. The summed E-state index contributed by atoms with van der Waals surface area (Å²) in [7, 11) is 0. The first-order chi connectivity index (χ1) is 14.6. The standard InChI is InChI=1S/C21H24FN7O/c1-14-10-25-18(11-24-14)12-26-21(30)19-20(16-5-7-23-8-6-16)29(28-27-19)13-15-3-2-4-17(22)9-15/h2-4,9-11,16,23H,5-8,12-13H2,1H3,(H,26,30). The Morgan fingerprint density at radius 3 is 2.83 bits per heavy atom. The lowest BCUT2D eigenvalue weighted by Crippen LogP contribution is -2.30. The highest BCUT2D eigenvalue weighted by atomic mass is 19.1. The van der Waals surface area contributed by atoms with Gasteiger partial charge in [-0.3, -0.25) is 14.8 Å². The molecule has 8 nitrogen and oxygen atoms in total. The fraction of sp³-hybridized carbons (Fsp3) is 0.381. The zero-order valence-electron chi connectivity index (χ0n) is 16.8. The highest BCUT2D eigenvalue weighted by Crippen LogP contribution is 2.28. The lowest BCUT2D eigenvalue weighted by atomic mass is 9.92. The van der Waals surface area contributed by atoms with Crippen LogP contribution in [0.2, 0.25) is 0 Å². The van der Waals surface area contributed by atoms with Gasteiger partial charge in [0.15, 0.2) is 5.69 Å². The van der Waals surface area contributed by atoms with Crippen molar-refractivity contribution in [2.75, 3.05) is 13.1 Å². The number of carbonyl (C=O) groups is 1. The van der Waals surface area contributed by atoms with E-state index in [0.717, 1.165) is 42.9 Å². The Bertz CT molecular complexity index is 1010. The minimum absolute atomic E-state index is 0.162. The van der Waals surface area contributed by atoms with E-state index in [2.05, 4.69) is 30.9 Å². The molecule has 0 bridgehead atoms. The van der Waals surface area contributed by atoms with Crippen LogP contribution in [0.5, 0.6) is 0 Å². The maximum atomic E-state index is 13.6. The molecule has 4 rings (SSSR count). The first kappa shape index (κ1) is 20.1. The van der Waals surface area contributed by atoms with Crippen LogP contribution < -0.4 is 10.6 Å². The second-order valence-electron chi connectivity index (χ2n) is 7.47. The van der Waals surface area contributed by atoms with Crippen LogP contribution in [-0.2, 0) is 13.1 Å². The second-order valence-corrected chi connectivity index (χ2v) is 7.47.